The fraction of sp³-hybridized carbons (Fsp3) is 0.500. The summed E-state index contributed by atoms with van der Waals surface area (Å²) in [4.78, 5) is 0.139. The van der Waals surface area contributed by atoms with Gasteiger partial charge in [-0.25, -0.2) is 13.1 Å². The quantitative estimate of drug-likeness (QED) is 0.819. The Hall–Kier alpha value is -0.780. The van der Waals surface area contributed by atoms with E-state index >= 15 is 0 Å². The number of rotatable bonds is 5. The molecule has 0 saturated heterocycles. The van der Waals surface area contributed by atoms with Gasteiger partial charge >= 0.3 is 0 Å². The molecule has 0 amide bonds. The van der Waals surface area contributed by atoms with Gasteiger partial charge in [-0.2, -0.15) is 0 Å². The predicted molar refractivity (Wildman–Crippen MR) is 75.1 cm³/mol. The Balaban J connectivity index is 2.89. The van der Waals surface area contributed by atoms with Crippen LogP contribution in [0.2, 0.25) is 5.02 Å². The van der Waals surface area contributed by atoms with E-state index in [1.165, 1.54) is 18.2 Å². The van der Waals surface area contributed by atoms with Crippen LogP contribution in [-0.2, 0) is 10.0 Å². The van der Waals surface area contributed by atoms with Crippen molar-refractivity contribution in [2.75, 3.05) is 5.73 Å². The van der Waals surface area contributed by atoms with Crippen molar-refractivity contribution in [3.63, 3.8) is 0 Å². The molecule has 1 unspecified atom stereocenters. The lowest BCUT2D eigenvalue weighted by molar-refractivity contribution is 0.482. The summed E-state index contributed by atoms with van der Waals surface area (Å²) < 4.78 is 26.8. The van der Waals surface area contributed by atoms with Gasteiger partial charge in [-0.1, -0.05) is 25.4 Å². The van der Waals surface area contributed by atoms with E-state index in [0.29, 0.717) is 10.9 Å². The summed E-state index contributed by atoms with van der Waals surface area (Å²) in [5.41, 5.74) is 5.86. The van der Waals surface area contributed by atoms with Gasteiger partial charge in [0.2, 0.25) is 10.0 Å². The summed E-state index contributed by atoms with van der Waals surface area (Å²) >= 11 is 5.77. The Bertz CT molecular complexity index is 515. The van der Waals surface area contributed by atoms with Crippen LogP contribution in [0.1, 0.15) is 27.2 Å². The largest absolute Gasteiger partial charge is 0.397 e. The Kier molecular flexibility index (Phi) is 5.01. The van der Waals surface area contributed by atoms with Gasteiger partial charge in [0, 0.05) is 6.04 Å². The number of nitrogens with two attached hydrogens (primary N) is 1. The number of halogens is 1. The lowest BCUT2D eigenvalue weighted by atomic mass is 10.1. The molecule has 102 valence electrons. The van der Waals surface area contributed by atoms with Crippen molar-refractivity contribution in [2.24, 2.45) is 5.92 Å². The normalized spacial score (nSPS) is 13.8. The van der Waals surface area contributed by atoms with Crippen LogP contribution in [0.5, 0.6) is 0 Å². The van der Waals surface area contributed by atoms with Crippen LogP contribution in [0.15, 0.2) is 23.1 Å². The molecule has 0 aliphatic carbocycles. The van der Waals surface area contributed by atoms with Gasteiger partial charge in [-0.15, -0.1) is 0 Å². The fourth-order valence-corrected chi connectivity index (χ4v) is 3.19. The lowest BCUT2D eigenvalue weighted by Crippen LogP contribution is -2.33. The van der Waals surface area contributed by atoms with Crippen LogP contribution in [0.3, 0.4) is 0 Å². The highest BCUT2D eigenvalue weighted by atomic mass is 35.5. The number of hydrogen-bond donors (Lipinski definition) is 2. The van der Waals surface area contributed by atoms with Gasteiger partial charge < -0.3 is 5.73 Å². The lowest BCUT2D eigenvalue weighted by Gasteiger charge is -2.16. The summed E-state index contributed by atoms with van der Waals surface area (Å²) in [5.74, 6) is 0.429. The molecule has 0 spiro atoms. The van der Waals surface area contributed by atoms with E-state index in [9.17, 15) is 8.42 Å². The molecule has 0 aliphatic heterocycles. The van der Waals surface area contributed by atoms with Gasteiger partial charge in [-0.3, -0.25) is 0 Å². The summed E-state index contributed by atoms with van der Waals surface area (Å²) in [5, 5.41) is 0.351. The van der Waals surface area contributed by atoms with Gasteiger partial charge in [0.1, 0.15) is 0 Å². The van der Waals surface area contributed by atoms with Crippen LogP contribution in [-0.4, -0.2) is 14.5 Å². The maximum atomic E-state index is 12.1. The molecular weight excluding hydrogens is 272 g/mol. The minimum absolute atomic E-state index is 0.119. The molecule has 0 aliphatic rings. The highest BCUT2D eigenvalue weighted by Gasteiger charge is 2.18. The minimum atomic E-state index is -3.53. The van der Waals surface area contributed by atoms with Crippen LogP contribution in [0, 0.1) is 5.92 Å². The van der Waals surface area contributed by atoms with Crippen molar-refractivity contribution in [1.82, 2.24) is 4.72 Å². The van der Waals surface area contributed by atoms with Crippen molar-refractivity contribution in [3.05, 3.63) is 23.2 Å². The maximum absolute atomic E-state index is 12.1. The fourth-order valence-electron chi connectivity index (χ4n) is 1.78. The Morgan fingerprint density at radius 1 is 1.33 bits per heavy atom. The maximum Gasteiger partial charge on any atom is 0.240 e. The molecule has 3 N–H and O–H groups in total. The number of anilines is 1. The first-order valence-corrected chi connectivity index (χ1v) is 7.66. The van der Waals surface area contributed by atoms with Crippen molar-refractivity contribution in [3.8, 4) is 0 Å². The average Bonchev–Trinajstić information content (AvgIpc) is 2.19. The van der Waals surface area contributed by atoms with E-state index in [2.05, 4.69) is 4.72 Å². The molecule has 1 aromatic rings. The second-order valence-corrected chi connectivity index (χ2v) is 6.96. The van der Waals surface area contributed by atoms with Gasteiger partial charge in [0.15, 0.2) is 0 Å². The summed E-state index contributed by atoms with van der Waals surface area (Å²) in [6.07, 6.45) is 0.780. The Labute approximate surface area is 114 Å². The summed E-state index contributed by atoms with van der Waals surface area (Å²) in [7, 11) is -3.53. The molecule has 18 heavy (non-hydrogen) atoms. The zero-order valence-electron chi connectivity index (χ0n) is 10.8. The SMILES string of the molecule is CC(C)CC(C)NS(=O)(=O)c1ccc(Cl)c(N)c1. The van der Waals surface area contributed by atoms with Crippen LogP contribution in [0.4, 0.5) is 5.69 Å². The Morgan fingerprint density at radius 2 is 1.94 bits per heavy atom. The van der Waals surface area contributed by atoms with E-state index in [-0.39, 0.29) is 16.6 Å². The monoisotopic (exact) mass is 290 g/mol. The molecular formula is C12H19ClN2O2S. The van der Waals surface area contributed by atoms with Crippen LogP contribution < -0.4 is 10.5 Å². The second kappa shape index (κ2) is 5.91. The predicted octanol–water partition coefficient (Wildman–Crippen LogP) is 2.64. The molecule has 0 bridgehead atoms. The van der Waals surface area contributed by atoms with Gasteiger partial charge in [-0.05, 0) is 37.5 Å². The smallest absolute Gasteiger partial charge is 0.240 e. The molecule has 0 fully saturated rings. The third-order valence-electron chi connectivity index (χ3n) is 2.46. The molecule has 0 heterocycles. The average molecular weight is 291 g/mol. The number of nitrogen functional groups attached to an aromatic ring is 1. The minimum Gasteiger partial charge on any atom is -0.397 e. The number of hydrogen-bond acceptors (Lipinski definition) is 3. The van der Waals surface area contributed by atoms with E-state index in [0.717, 1.165) is 6.42 Å². The van der Waals surface area contributed by atoms with Crippen LogP contribution in [0.25, 0.3) is 0 Å². The molecule has 0 saturated carbocycles. The van der Waals surface area contributed by atoms with Crippen molar-refractivity contribution < 1.29 is 8.42 Å². The van der Waals surface area contributed by atoms with Crippen molar-refractivity contribution in [1.29, 1.82) is 0 Å². The van der Waals surface area contributed by atoms with Crippen molar-refractivity contribution >= 4 is 27.3 Å². The van der Waals surface area contributed by atoms with Gasteiger partial charge in [0.25, 0.3) is 0 Å². The van der Waals surface area contributed by atoms with E-state index < -0.39 is 10.0 Å². The first kappa shape index (κ1) is 15.3. The molecule has 1 aromatic carbocycles. The van der Waals surface area contributed by atoms with E-state index in [4.69, 9.17) is 17.3 Å². The number of sulfonamides is 1. The topological polar surface area (TPSA) is 72.2 Å². The third-order valence-corrected chi connectivity index (χ3v) is 4.39. The standard InChI is InChI=1S/C12H19ClN2O2S/c1-8(2)6-9(3)15-18(16,17)10-4-5-11(13)12(14)7-10/h4-5,7-9,15H,6,14H2,1-3H3. The number of benzene rings is 1. The zero-order chi connectivity index (χ0) is 13.9. The second-order valence-electron chi connectivity index (χ2n) is 4.84. The molecule has 6 heteroatoms. The molecule has 0 radical (unpaired) electrons. The van der Waals surface area contributed by atoms with E-state index in [1.54, 1.807) is 0 Å². The molecule has 4 nitrogen and oxygen atoms in total. The van der Waals surface area contributed by atoms with Crippen molar-refractivity contribution in [2.45, 2.75) is 38.1 Å². The van der Waals surface area contributed by atoms with Crippen LogP contribution >= 0.6 is 11.6 Å². The molecule has 1 rings (SSSR count). The van der Waals surface area contributed by atoms with E-state index in [1.807, 2.05) is 20.8 Å². The van der Waals surface area contributed by atoms with Gasteiger partial charge in [0.05, 0.1) is 15.6 Å². The highest BCUT2D eigenvalue weighted by molar-refractivity contribution is 7.89. The number of nitrogens with one attached hydrogen (secondary N) is 1. The summed E-state index contributed by atoms with van der Waals surface area (Å²) in [6, 6.07) is 4.18. The highest BCUT2D eigenvalue weighted by Crippen LogP contribution is 2.22. The molecule has 0 aromatic heterocycles. The zero-order valence-corrected chi connectivity index (χ0v) is 12.3. The first-order valence-electron chi connectivity index (χ1n) is 5.79. The Morgan fingerprint density at radius 3 is 2.44 bits per heavy atom. The molecule has 1 atom stereocenters. The third kappa shape index (κ3) is 4.15. The summed E-state index contributed by atoms with van der Waals surface area (Å²) in [6.45, 7) is 5.94. The first-order chi connectivity index (χ1) is 8.22.